The number of pyridine rings is 2. The van der Waals surface area contributed by atoms with Crippen LogP contribution in [0, 0.1) is 0 Å². The molecule has 0 aliphatic heterocycles. The molecular formula is C20H24Br2N4O2S2. The van der Waals surface area contributed by atoms with Gasteiger partial charge in [-0.25, -0.2) is 9.97 Å². The summed E-state index contributed by atoms with van der Waals surface area (Å²) in [6.45, 7) is 3.03. The van der Waals surface area contributed by atoms with E-state index in [1.165, 1.54) is 0 Å². The molecule has 0 radical (unpaired) electrons. The molecule has 0 aliphatic rings. The molecule has 0 spiro atoms. The molecule has 0 atom stereocenters. The largest absolute Gasteiger partial charge is 0.315 e. The minimum atomic E-state index is 0.0473. The van der Waals surface area contributed by atoms with E-state index in [0.29, 0.717) is 46.5 Å². The van der Waals surface area contributed by atoms with E-state index in [4.69, 9.17) is 0 Å². The highest BCUT2D eigenvalue weighted by atomic mass is 79.9. The van der Waals surface area contributed by atoms with Gasteiger partial charge < -0.3 is 10.6 Å². The second kappa shape index (κ2) is 15.1. The molecule has 0 aliphatic carbocycles. The fourth-order valence-electron chi connectivity index (χ4n) is 2.38. The first kappa shape index (κ1) is 25.5. The first-order valence-corrected chi connectivity index (χ1v) is 13.6. The van der Waals surface area contributed by atoms with Crippen LogP contribution in [0.1, 0.15) is 33.8 Å². The molecule has 162 valence electrons. The molecule has 0 unspecified atom stereocenters. The van der Waals surface area contributed by atoms with Gasteiger partial charge in [0, 0.05) is 50.5 Å². The zero-order valence-corrected chi connectivity index (χ0v) is 21.2. The second-order valence-electron chi connectivity index (χ2n) is 6.18. The van der Waals surface area contributed by atoms with E-state index in [1.54, 1.807) is 45.9 Å². The molecule has 2 rings (SSSR count). The maximum absolute atomic E-state index is 12.0. The van der Waals surface area contributed by atoms with Crippen molar-refractivity contribution >= 4 is 65.0 Å². The van der Waals surface area contributed by atoms with Crippen molar-refractivity contribution in [3.8, 4) is 0 Å². The highest BCUT2D eigenvalue weighted by Gasteiger charge is 2.08. The zero-order chi connectivity index (χ0) is 21.6. The Hall–Kier alpha value is -0.780. The Morgan fingerprint density at radius 1 is 0.733 bits per heavy atom. The van der Waals surface area contributed by atoms with Crippen molar-refractivity contribution in [1.29, 1.82) is 0 Å². The monoisotopic (exact) mass is 574 g/mol. The van der Waals surface area contributed by atoms with Crippen LogP contribution in [0.15, 0.2) is 45.6 Å². The molecule has 2 aromatic heterocycles. The van der Waals surface area contributed by atoms with Crippen molar-refractivity contribution in [2.24, 2.45) is 0 Å². The van der Waals surface area contributed by atoms with Crippen LogP contribution < -0.4 is 10.6 Å². The molecule has 30 heavy (non-hydrogen) atoms. The lowest BCUT2D eigenvalue weighted by Crippen LogP contribution is -2.22. The Morgan fingerprint density at radius 3 is 1.57 bits per heavy atom. The Morgan fingerprint density at radius 2 is 1.17 bits per heavy atom. The SMILES string of the molecule is O=C(CCNCCSSCCNCCC(=O)c1cccc(Br)n1)c1cccc(Br)n1. The van der Waals surface area contributed by atoms with Crippen molar-refractivity contribution in [2.45, 2.75) is 12.8 Å². The van der Waals surface area contributed by atoms with Gasteiger partial charge in [-0.15, -0.1) is 0 Å². The second-order valence-corrected chi connectivity index (χ2v) is 10.5. The number of nitrogens with one attached hydrogen (secondary N) is 2. The van der Waals surface area contributed by atoms with E-state index in [2.05, 4.69) is 52.5 Å². The molecule has 0 saturated heterocycles. The van der Waals surface area contributed by atoms with Gasteiger partial charge in [0.2, 0.25) is 0 Å². The number of rotatable bonds is 15. The molecule has 10 heteroatoms. The van der Waals surface area contributed by atoms with Gasteiger partial charge in [-0.1, -0.05) is 33.7 Å². The minimum Gasteiger partial charge on any atom is -0.315 e. The smallest absolute Gasteiger partial charge is 0.182 e. The summed E-state index contributed by atoms with van der Waals surface area (Å²) in [6, 6.07) is 10.7. The number of hydrogen-bond donors (Lipinski definition) is 2. The average molecular weight is 576 g/mol. The summed E-state index contributed by atoms with van der Waals surface area (Å²) < 4.78 is 1.36. The summed E-state index contributed by atoms with van der Waals surface area (Å²) >= 11 is 6.56. The highest BCUT2D eigenvalue weighted by molar-refractivity contribution is 9.10. The summed E-state index contributed by atoms with van der Waals surface area (Å²) in [4.78, 5) is 32.4. The average Bonchev–Trinajstić information content (AvgIpc) is 2.74. The van der Waals surface area contributed by atoms with Crippen LogP contribution in [-0.2, 0) is 0 Å². The van der Waals surface area contributed by atoms with E-state index in [9.17, 15) is 9.59 Å². The van der Waals surface area contributed by atoms with Crippen molar-refractivity contribution in [3.05, 3.63) is 57.0 Å². The Labute approximate surface area is 201 Å². The summed E-state index contributed by atoms with van der Waals surface area (Å²) in [7, 11) is 3.60. The van der Waals surface area contributed by atoms with E-state index in [-0.39, 0.29) is 11.6 Å². The van der Waals surface area contributed by atoms with Crippen LogP contribution >= 0.6 is 53.4 Å². The summed E-state index contributed by atoms with van der Waals surface area (Å²) in [5, 5.41) is 6.57. The van der Waals surface area contributed by atoms with Crippen LogP contribution in [0.5, 0.6) is 0 Å². The molecule has 0 bridgehead atoms. The van der Waals surface area contributed by atoms with E-state index in [0.717, 1.165) is 24.6 Å². The van der Waals surface area contributed by atoms with Crippen LogP contribution in [0.4, 0.5) is 0 Å². The maximum atomic E-state index is 12.0. The Bertz CT molecular complexity index is 759. The first-order chi connectivity index (χ1) is 14.6. The molecular weight excluding hydrogens is 552 g/mol. The van der Waals surface area contributed by atoms with Crippen molar-refractivity contribution in [1.82, 2.24) is 20.6 Å². The first-order valence-electron chi connectivity index (χ1n) is 9.53. The minimum absolute atomic E-state index is 0.0473. The normalized spacial score (nSPS) is 10.9. The summed E-state index contributed by atoms with van der Waals surface area (Å²) in [5.41, 5.74) is 0.997. The van der Waals surface area contributed by atoms with Gasteiger partial charge in [0.1, 0.15) is 20.6 Å². The number of ketones is 2. The van der Waals surface area contributed by atoms with Crippen molar-refractivity contribution in [2.75, 3.05) is 37.7 Å². The molecule has 6 nitrogen and oxygen atoms in total. The number of carbonyl (C=O) groups is 2. The summed E-state index contributed by atoms with van der Waals surface area (Å²) in [5.74, 6) is 2.04. The molecule has 0 amide bonds. The predicted molar refractivity (Wildman–Crippen MR) is 132 cm³/mol. The van der Waals surface area contributed by atoms with Gasteiger partial charge in [-0.3, -0.25) is 9.59 Å². The molecule has 0 saturated carbocycles. The number of aromatic nitrogens is 2. The third kappa shape index (κ3) is 10.5. The molecule has 0 aromatic carbocycles. The van der Waals surface area contributed by atoms with Gasteiger partial charge in [-0.2, -0.15) is 0 Å². The number of hydrogen-bond acceptors (Lipinski definition) is 8. The summed E-state index contributed by atoms with van der Waals surface area (Å²) in [6.07, 6.45) is 0.888. The zero-order valence-electron chi connectivity index (χ0n) is 16.4. The fourth-order valence-corrected chi connectivity index (χ4v) is 4.97. The molecule has 2 N–H and O–H groups in total. The van der Waals surface area contributed by atoms with Crippen LogP contribution in [0.25, 0.3) is 0 Å². The number of Topliss-reactive ketones (excluding diaryl/α,β-unsaturated/α-hetero) is 2. The van der Waals surface area contributed by atoms with Crippen molar-refractivity contribution < 1.29 is 9.59 Å². The van der Waals surface area contributed by atoms with Gasteiger partial charge >= 0.3 is 0 Å². The maximum Gasteiger partial charge on any atom is 0.182 e. The van der Waals surface area contributed by atoms with Gasteiger partial charge in [0.25, 0.3) is 0 Å². The van der Waals surface area contributed by atoms with E-state index in [1.807, 2.05) is 12.1 Å². The lowest BCUT2D eigenvalue weighted by atomic mass is 10.2. The Balaban J connectivity index is 1.40. The third-order valence-electron chi connectivity index (χ3n) is 3.87. The van der Waals surface area contributed by atoms with Gasteiger partial charge in [0.05, 0.1) is 0 Å². The van der Waals surface area contributed by atoms with Gasteiger partial charge in [-0.05, 0) is 56.1 Å². The highest BCUT2D eigenvalue weighted by Crippen LogP contribution is 2.19. The molecule has 2 heterocycles. The quantitative estimate of drug-likeness (QED) is 0.140. The van der Waals surface area contributed by atoms with Gasteiger partial charge in [0.15, 0.2) is 11.6 Å². The topological polar surface area (TPSA) is 84.0 Å². The number of carbonyl (C=O) groups excluding carboxylic acids is 2. The fraction of sp³-hybridized carbons (Fsp3) is 0.400. The number of halogens is 2. The Kier molecular flexibility index (Phi) is 12.8. The lowest BCUT2D eigenvalue weighted by Gasteiger charge is -2.06. The lowest BCUT2D eigenvalue weighted by molar-refractivity contribution is 0.0970. The molecule has 0 fully saturated rings. The van der Waals surface area contributed by atoms with Crippen LogP contribution in [0.2, 0.25) is 0 Å². The van der Waals surface area contributed by atoms with Crippen LogP contribution in [0.3, 0.4) is 0 Å². The van der Waals surface area contributed by atoms with Crippen LogP contribution in [-0.4, -0.2) is 59.2 Å². The molecule has 2 aromatic rings. The third-order valence-corrected chi connectivity index (χ3v) is 7.16. The van der Waals surface area contributed by atoms with E-state index < -0.39 is 0 Å². The standard InChI is InChI=1S/C20H24Br2N4O2S2/c21-19-5-1-3-15(25-19)17(27)7-9-23-11-13-29-30-14-12-24-10-8-18(28)16-4-2-6-20(22)26-16/h1-6,23-24H,7-14H2. The van der Waals surface area contributed by atoms with E-state index >= 15 is 0 Å². The predicted octanol–water partition coefficient (Wildman–Crippen LogP) is 4.41. The van der Waals surface area contributed by atoms with Crippen molar-refractivity contribution in [3.63, 3.8) is 0 Å². The number of nitrogens with zero attached hydrogens (tertiary/aromatic N) is 2.